The summed E-state index contributed by atoms with van der Waals surface area (Å²) in [7, 11) is 0. The highest BCUT2D eigenvalue weighted by molar-refractivity contribution is 5.82. The monoisotopic (exact) mass is 395 g/mol. The van der Waals surface area contributed by atoms with E-state index in [-0.39, 0.29) is 11.4 Å². The zero-order chi connectivity index (χ0) is 20.4. The van der Waals surface area contributed by atoms with Crippen LogP contribution in [0.4, 0.5) is 4.39 Å². The van der Waals surface area contributed by atoms with Crippen LogP contribution in [-0.4, -0.2) is 24.6 Å². The molecule has 0 N–H and O–H groups in total. The van der Waals surface area contributed by atoms with Crippen molar-refractivity contribution in [1.29, 1.82) is 0 Å². The van der Waals surface area contributed by atoms with Crippen molar-refractivity contribution < 1.29 is 13.5 Å². The molecule has 1 aromatic heterocycles. The number of ether oxygens (including phenoxy) is 1. The van der Waals surface area contributed by atoms with Gasteiger partial charge in [-0.3, -0.25) is 4.90 Å². The summed E-state index contributed by atoms with van der Waals surface area (Å²) < 4.78 is 24.6. The van der Waals surface area contributed by atoms with Crippen molar-refractivity contribution in [2.24, 2.45) is 5.92 Å². The highest BCUT2D eigenvalue weighted by atomic mass is 19.1. The molecule has 29 heavy (non-hydrogen) atoms. The van der Waals surface area contributed by atoms with Gasteiger partial charge in [0.25, 0.3) is 0 Å². The quantitative estimate of drug-likeness (QED) is 0.580. The molecule has 0 amide bonds. The van der Waals surface area contributed by atoms with Gasteiger partial charge in [-0.05, 0) is 68.6 Å². The summed E-state index contributed by atoms with van der Waals surface area (Å²) in [5, 5.41) is 0.942. The Morgan fingerprint density at radius 3 is 2.72 bits per heavy atom. The smallest absolute Gasteiger partial charge is 0.339 e. The molecule has 1 fully saturated rings. The predicted molar refractivity (Wildman–Crippen MR) is 112 cm³/mol. The Morgan fingerprint density at radius 1 is 1.14 bits per heavy atom. The highest BCUT2D eigenvalue weighted by Crippen LogP contribution is 2.25. The molecule has 0 saturated carbocycles. The summed E-state index contributed by atoms with van der Waals surface area (Å²) in [5.41, 5.74) is 3.00. The third kappa shape index (κ3) is 4.51. The van der Waals surface area contributed by atoms with Crippen LogP contribution in [0.3, 0.4) is 0 Å². The van der Waals surface area contributed by atoms with E-state index in [1.807, 2.05) is 37.3 Å². The number of rotatable bonds is 5. The Balaban J connectivity index is 1.38. The van der Waals surface area contributed by atoms with Gasteiger partial charge < -0.3 is 9.15 Å². The lowest BCUT2D eigenvalue weighted by Crippen LogP contribution is -2.37. The van der Waals surface area contributed by atoms with Crippen LogP contribution in [0.2, 0.25) is 0 Å². The fraction of sp³-hybridized carbons (Fsp3) is 0.375. The van der Waals surface area contributed by atoms with Gasteiger partial charge in [0.15, 0.2) is 0 Å². The molecule has 152 valence electrons. The van der Waals surface area contributed by atoms with E-state index in [9.17, 15) is 9.18 Å². The molecule has 1 aliphatic heterocycles. The van der Waals surface area contributed by atoms with E-state index in [0.717, 1.165) is 54.7 Å². The van der Waals surface area contributed by atoms with Crippen LogP contribution in [0.1, 0.15) is 29.5 Å². The average molecular weight is 395 g/mol. The molecule has 5 heteroatoms. The number of halogens is 1. The van der Waals surface area contributed by atoms with Crippen LogP contribution in [0, 0.1) is 25.6 Å². The molecule has 1 unspecified atom stereocenters. The maximum atomic E-state index is 13.1. The summed E-state index contributed by atoms with van der Waals surface area (Å²) in [5.74, 6) is 0.960. The van der Waals surface area contributed by atoms with Gasteiger partial charge in [-0.25, -0.2) is 9.18 Å². The molecule has 1 saturated heterocycles. The molecule has 2 heterocycles. The van der Waals surface area contributed by atoms with Crippen LogP contribution in [0.25, 0.3) is 11.0 Å². The number of benzene rings is 2. The molecule has 0 spiro atoms. The SMILES string of the molecule is Cc1c(C)c2ccc(OCC3CCCN(Cc4ccc(F)cc4)C3)cc2oc1=O. The van der Waals surface area contributed by atoms with Gasteiger partial charge in [0.1, 0.15) is 17.1 Å². The van der Waals surface area contributed by atoms with Crippen molar-refractivity contribution in [1.82, 2.24) is 4.90 Å². The normalized spacial score (nSPS) is 17.6. The van der Waals surface area contributed by atoms with Gasteiger partial charge in [-0.15, -0.1) is 0 Å². The topological polar surface area (TPSA) is 42.7 Å². The maximum Gasteiger partial charge on any atom is 0.339 e. The third-order valence-electron chi connectivity index (χ3n) is 5.84. The first-order chi connectivity index (χ1) is 14.0. The van der Waals surface area contributed by atoms with Crippen molar-refractivity contribution >= 4 is 11.0 Å². The number of piperidine rings is 1. The summed E-state index contributed by atoms with van der Waals surface area (Å²) in [6, 6.07) is 12.4. The molecule has 3 aromatic rings. The van der Waals surface area contributed by atoms with E-state index in [2.05, 4.69) is 4.90 Å². The lowest BCUT2D eigenvalue weighted by atomic mass is 9.98. The van der Waals surface area contributed by atoms with E-state index in [1.165, 1.54) is 12.1 Å². The Bertz CT molecular complexity index is 1060. The number of aryl methyl sites for hydroxylation is 1. The lowest BCUT2D eigenvalue weighted by Gasteiger charge is -2.32. The standard InChI is InChI=1S/C24H26FNO3/c1-16-17(2)24(27)29-23-12-21(9-10-22(16)23)28-15-19-4-3-11-26(14-19)13-18-5-7-20(25)8-6-18/h5-10,12,19H,3-4,11,13-15H2,1-2H3. The molecule has 1 aliphatic rings. The fourth-order valence-corrected chi connectivity index (χ4v) is 4.01. The minimum atomic E-state index is -0.295. The number of hydrogen-bond acceptors (Lipinski definition) is 4. The summed E-state index contributed by atoms with van der Waals surface area (Å²) in [6.45, 7) is 7.18. The summed E-state index contributed by atoms with van der Waals surface area (Å²) in [6.07, 6.45) is 2.25. The number of likely N-dealkylation sites (tertiary alicyclic amines) is 1. The lowest BCUT2D eigenvalue weighted by molar-refractivity contribution is 0.125. The van der Waals surface area contributed by atoms with Gasteiger partial charge in [-0.2, -0.15) is 0 Å². The van der Waals surface area contributed by atoms with Crippen molar-refractivity contribution in [3.8, 4) is 5.75 Å². The van der Waals surface area contributed by atoms with Crippen LogP contribution >= 0.6 is 0 Å². The molecular formula is C24H26FNO3. The van der Waals surface area contributed by atoms with Crippen molar-refractivity contribution in [2.75, 3.05) is 19.7 Å². The Kier molecular flexibility index (Phi) is 5.67. The van der Waals surface area contributed by atoms with Gasteiger partial charge >= 0.3 is 5.63 Å². The van der Waals surface area contributed by atoms with Crippen molar-refractivity contribution in [2.45, 2.75) is 33.2 Å². The number of hydrogen-bond donors (Lipinski definition) is 0. The van der Waals surface area contributed by atoms with Crippen molar-refractivity contribution in [3.05, 3.63) is 75.4 Å². The van der Waals surface area contributed by atoms with Crippen LogP contribution in [0.15, 0.2) is 51.7 Å². The van der Waals surface area contributed by atoms with Gasteiger partial charge in [0.05, 0.1) is 6.61 Å². The molecule has 0 aliphatic carbocycles. The molecule has 0 bridgehead atoms. The van der Waals surface area contributed by atoms with E-state index < -0.39 is 0 Å². The van der Waals surface area contributed by atoms with Crippen molar-refractivity contribution in [3.63, 3.8) is 0 Å². The zero-order valence-corrected chi connectivity index (χ0v) is 16.9. The van der Waals surface area contributed by atoms with E-state index >= 15 is 0 Å². The third-order valence-corrected chi connectivity index (χ3v) is 5.84. The van der Waals surface area contributed by atoms with E-state index in [0.29, 0.717) is 23.7 Å². The summed E-state index contributed by atoms with van der Waals surface area (Å²) in [4.78, 5) is 14.3. The second-order valence-corrected chi connectivity index (χ2v) is 7.98. The minimum Gasteiger partial charge on any atom is -0.493 e. The number of fused-ring (bicyclic) bond motifs is 1. The van der Waals surface area contributed by atoms with Gasteiger partial charge in [0.2, 0.25) is 0 Å². The Labute approximate surface area is 169 Å². The zero-order valence-electron chi connectivity index (χ0n) is 16.9. The molecule has 1 atom stereocenters. The summed E-state index contributed by atoms with van der Waals surface area (Å²) >= 11 is 0. The molecule has 4 nitrogen and oxygen atoms in total. The Hall–Kier alpha value is -2.66. The first-order valence-electron chi connectivity index (χ1n) is 10.1. The predicted octanol–water partition coefficient (Wildman–Crippen LogP) is 4.84. The highest BCUT2D eigenvalue weighted by Gasteiger charge is 2.21. The Morgan fingerprint density at radius 2 is 1.93 bits per heavy atom. The maximum absolute atomic E-state index is 13.1. The molecular weight excluding hydrogens is 369 g/mol. The molecule has 0 radical (unpaired) electrons. The second-order valence-electron chi connectivity index (χ2n) is 7.98. The van der Waals surface area contributed by atoms with Gasteiger partial charge in [-0.1, -0.05) is 12.1 Å². The first kappa shape index (κ1) is 19.6. The molecule has 2 aromatic carbocycles. The molecule has 4 rings (SSSR count). The minimum absolute atomic E-state index is 0.199. The van der Waals surface area contributed by atoms with Crippen LogP contribution in [-0.2, 0) is 6.54 Å². The average Bonchev–Trinajstić information content (AvgIpc) is 2.72. The van der Waals surface area contributed by atoms with E-state index in [1.54, 1.807) is 6.92 Å². The number of nitrogens with zero attached hydrogens (tertiary/aromatic N) is 1. The largest absolute Gasteiger partial charge is 0.493 e. The fourth-order valence-electron chi connectivity index (χ4n) is 4.01. The first-order valence-corrected chi connectivity index (χ1v) is 10.1. The van der Waals surface area contributed by atoms with Crippen LogP contribution < -0.4 is 10.4 Å². The van der Waals surface area contributed by atoms with Gasteiger partial charge in [0, 0.05) is 36.0 Å². The van der Waals surface area contributed by atoms with E-state index in [4.69, 9.17) is 9.15 Å². The second kappa shape index (κ2) is 8.37. The van der Waals surface area contributed by atoms with Crippen LogP contribution in [0.5, 0.6) is 5.75 Å².